The Bertz CT molecular complexity index is 320. The Kier molecular flexibility index (Phi) is 1.78. The van der Waals surface area contributed by atoms with Gasteiger partial charge in [0.25, 0.3) is 0 Å². The summed E-state index contributed by atoms with van der Waals surface area (Å²) in [5, 5.41) is 19.3. The van der Waals surface area contributed by atoms with Crippen LogP contribution < -0.4 is 5.73 Å². The number of para-hydroxylation sites is 1. The molecule has 1 aliphatic rings. The highest BCUT2D eigenvalue weighted by Crippen LogP contribution is 2.45. The lowest BCUT2D eigenvalue weighted by Gasteiger charge is -2.18. The van der Waals surface area contributed by atoms with Gasteiger partial charge in [-0.2, -0.15) is 0 Å². The maximum Gasteiger partial charge on any atom is 0.121 e. The highest BCUT2D eigenvalue weighted by Gasteiger charge is 2.46. The topological polar surface area (TPSA) is 66.5 Å². The van der Waals surface area contributed by atoms with Crippen LogP contribution >= 0.6 is 0 Å². The Labute approximate surface area is 76.8 Å². The van der Waals surface area contributed by atoms with Crippen molar-refractivity contribution in [3.8, 4) is 5.75 Å². The smallest absolute Gasteiger partial charge is 0.121 e. The van der Waals surface area contributed by atoms with Gasteiger partial charge in [0, 0.05) is 11.1 Å². The number of phenolic OH excluding ortho intramolecular Hbond substituents is 1. The molecule has 3 nitrogen and oxygen atoms in total. The Hall–Kier alpha value is -1.06. The molecule has 1 aromatic carbocycles. The van der Waals surface area contributed by atoms with Crippen molar-refractivity contribution in [1.82, 2.24) is 0 Å². The maximum atomic E-state index is 9.82. The predicted molar refractivity (Wildman–Crippen MR) is 49.2 cm³/mol. The fourth-order valence-electron chi connectivity index (χ4n) is 1.45. The zero-order valence-corrected chi connectivity index (χ0v) is 7.27. The quantitative estimate of drug-likeness (QED) is 0.632. The fourth-order valence-corrected chi connectivity index (χ4v) is 1.45. The van der Waals surface area contributed by atoms with Crippen LogP contribution in [0.4, 0.5) is 0 Å². The molecular weight excluding hydrogens is 166 g/mol. The van der Waals surface area contributed by atoms with Crippen LogP contribution in [0.5, 0.6) is 5.75 Å². The van der Waals surface area contributed by atoms with E-state index >= 15 is 0 Å². The first kappa shape index (κ1) is 8.53. The molecule has 0 aromatic heterocycles. The minimum absolute atomic E-state index is 0.117. The summed E-state index contributed by atoms with van der Waals surface area (Å²) in [6, 6.07) is 6.77. The summed E-state index contributed by atoms with van der Waals surface area (Å²) in [6.45, 7) is 0. The van der Waals surface area contributed by atoms with Crippen molar-refractivity contribution >= 4 is 0 Å². The number of aliphatic hydroxyl groups excluding tert-OH is 1. The Morgan fingerprint density at radius 1 is 1.31 bits per heavy atom. The maximum absolute atomic E-state index is 9.82. The molecule has 4 N–H and O–H groups in total. The third kappa shape index (κ3) is 1.41. The summed E-state index contributed by atoms with van der Waals surface area (Å²) in [5.74, 6) is 0.117. The molecule has 1 fully saturated rings. The van der Waals surface area contributed by atoms with E-state index in [4.69, 9.17) is 5.73 Å². The van der Waals surface area contributed by atoms with E-state index in [1.54, 1.807) is 24.3 Å². The number of hydrogen-bond acceptors (Lipinski definition) is 3. The van der Waals surface area contributed by atoms with Crippen molar-refractivity contribution in [3.05, 3.63) is 29.8 Å². The van der Waals surface area contributed by atoms with Crippen LogP contribution in [0.2, 0.25) is 0 Å². The summed E-state index contributed by atoms with van der Waals surface area (Å²) < 4.78 is 0. The van der Waals surface area contributed by atoms with Gasteiger partial charge in [0.05, 0.1) is 0 Å². The zero-order chi connectivity index (χ0) is 9.47. The molecule has 0 aliphatic heterocycles. The van der Waals surface area contributed by atoms with Crippen LogP contribution in [0.25, 0.3) is 0 Å². The van der Waals surface area contributed by atoms with E-state index in [2.05, 4.69) is 0 Å². The summed E-state index contributed by atoms with van der Waals surface area (Å²) >= 11 is 0. The van der Waals surface area contributed by atoms with Gasteiger partial charge in [0.15, 0.2) is 0 Å². The normalized spacial score (nSPS) is 21.1. The number of benzene rings is 1. The summed E-state index contributed by atoms with van der Waals surface area (Å²) in [6.07, 6.45) is 0.902. The molecule has 0 spiro atoms. The molecule has 70 valence electrons. The van der Waals surface area contributed by atoms with Crippen LogP contribution in [0.15, 0.2) is 24.3 Å². The van der Waals surface area contributed by atoms with Gasteiger partial charge in [-0.15, -0.1) is 0 Å². The Morgan fingerprint density at radius 3 is 2.46 bits per heavy atom. The van der Waals surface area contributed by atoms with Crippen molar-refractivity contribution in [1.29, 1.82) is 0 Å². The SMILES string of the molecule is NC1(C(O)c2ccccc2O)CC1. The molecule has 0 bridgehead atoms. The van der Waals surface area contributed by atoms with Gasteiger partial charge in [-0.1, -0.05) is 18.2 Å². The molecule has 2 rings (SSSR count). The van der Waals surface area contributed by atoms with Crippen molar-refractivity contribution < 1.29 is 10.2 Å². The molecule has 1 atom stereocenters. The molecule has 3 heteroatoms. The zero-order valence-electron chi connectivity index (χ0n) is 7.27. The summed E-state index contributed by atoms with van der Waals surface area (Å²) in [4.78, 5) is 0. The van der Waals surface area contributed by atoms with E-state index < -0.39 is 11.6 Å². The fraction of sp³-hybridized carbons (Fsp3) is 0.400. The standard InChI is InChI=1S/C10H13NO2/c11-10(5-6-10)9(13)7-3-1-2-4-8(7)12/h1-4,9,12-13H,5-6,11H2. The molecule has 0 radical (unpaired) electrons. The largest absolute Gasteiger partial charge is 0.508 e. The van der Waals surface area contributed by atoms with Crippen LogP contribution in [0.3, 0.4) is 0 Å². The molecule has 1 aromatic rings. The second-order valence-electron chi connectivity index (χ2n) is 3.69. The van der Waals surface area contributed by atoms with Crippen molar-refractivity contribution in [2.75, 3.05) is 0 Å². The molecular formula is C10H13NO2. The number of nitrogens with two attached hydrogens (primary N) is 1. The predicted octanol–water partition coefficient (Wildman–Crippen LogP) is 0.917. The number of rotatable bonds is 2. The van der Waals surface area contributed by atoms with Gasteiger partial charge in [0.1, 0.15) is 11.9 Å². The van der Waals surface area contributed by atoms with Crippen LogP contribution in [0, 0.1) is 0 Å². The lowest BCUT2D eigenvalue weighted by atomic mass is 10.0. The molecule has 0 saturated heterocycles. The van der Waals surface area contributed by atoms with Gasteiger partial charge in [-0.05, 0) is 18.9 Å². The van der Waals surface area contributed by atoms with Crippen LogP contribution in [-0.2, 0) is 0 Å². The number of aliphatic hydroxyl groups is 1. The Morgan fingerprint density at radius 2 is 1.92 bits per heavy atom. The molecule has 1 saturated carbocycles. The average molecular weight is 179 g/mol. The van der Waals surface area contributed by atoms with E-state index in [-0.39, 0.29) is 5.75 Å². The second-order valence-corrected chi connectivity index (χ2v) is 3.69. The molecule has 13 heavy (non-hydrogen) atoms. The van der Waals surface area contributed by atoms with E-state index in [0.717, 1.165) is 12.8 Å². The lowest BCUT2D eigenvalue weighted by Crippen LogP contribution is -2.30. The first-order valence-electron chi connectivity index (χ1n) is 4.38. The number of aromatic hydroxyl groups is 1. The number of hydrogen-bond donors (Lipinski definition) is 3. The van der Waals surface area contributed by atoms with Gasteiger partial charge < -0.3 is 15.9 Å². The van der Waals surface area contributed by atoms with E-state index in [1.807, 2.05) is 0 Å². The molecule has 1 aliphatic carbocycles. The van der Waals surface area contributed by atoms with Crippen molar-refractivity contribution in [3.63, 3.8) is 0 Å². The average Bonchev–Trinajstić information content (AvgIpc) is 2.85. The highest BCUT2D eigenvalue weighted by molar-refractivity contribution is 5.36. The van der Waals surface area contributed by atoms with Crippen LogP contribution in [-0.4, -0.2) is 15.8 Å². The third-order valence-electron chi connectivity index (χ3n) is 2.60. The van der Waals surface area contributed by atoms with Gasteiger partial charge in [-0.25, -0.2) is 0 Å². The van der Waals surface area contributed by atoms with Gasteiger partial charge in [-0.3, -0.25) is 0 Å². The monoisotopic (exact) mass is 179 g/mol. The molecule has 1 unspecified atom stereocenters. The number of phenols is 1. The van der Waals surface area contributed by atoms with Crippen molar-refractivity contribution in [2.45, 2.75) is 24.5 Å². The van der Waals surface area contributed by atoms with Gasteiger partial charge in [0.2, 0.25) is 0 Å². The summed E-state index contributed by atoms with van der Waals surface area (Å²) in [5.41, 5.74) is 5.86. The van der Waals surface area contributed by atoms with E-state index in [1.165, 1.54) is 0 Å². The van der Waals surface area contributed by atoms with Crippen molar-refractivity contribution in [2.24, 2.45) is 5.73 Å². The second kappa shape index (κ2) is 2.72. The third-order valence-corrected chi connectivity index (χ3v) is 2.60. The molecule has 0 heterocycles. The first-order chi connectivity index (χ1) is 6.13. The van der Waals surface area contributed by atoms with E-state index in [0.29, 0.717) is 5.56 Å². The van der Waals surface area contributed by atoms with Crippen LogP contribution in [0.1, 0.15) is 24.5 Å². The molecule has 0 amide bonds. The first-order valence-corrected chi connectivity index (χ1v) is 4.38. The van der Waals surface area contributed by atoms with E-state index in [9.17, 15) is 10.2 Å². The minimum Gasteiger partial charge on any atom is -0.508 e. The summed E-state index contributed by atoms with van der Waals surface area (Å²) in [7, 11) is 0. The Balaban J connectivity index is 2.30. The van der Waals surface area contributed by atoms with Gasteiger partial charge >= 0.3 is 0 Å². The lowest BCUT2D eigenvalue weighted by molar-refractivity contribution is 0.133. The minimum atomic E-state index is -0.742. The highest BCUT2D eigenvalue weighted by atomic mass is 16.3.